The molecule has 0 amide bonds. The molecule has 0 bridgehead atoms. The quantitative estimate of drug-likeness (QED) is 0.278. The third-order valence-electron chi connectivity index (χ3n) is 2.25. The van der Waals surface area contributed by atoms with Crippen molar-refractivity contribution in [2.75, 3.05) is 0 Å². The summed E-state index contributed by atoms with van der Waals surface area (Å²) in [7, 11) is 0. The molecule has 0 saturated carbocycles. The van der Waals surface area contributed by atoms with Crippen LogP contribution in [0.5, 0.6) is 5.75 Å². The van der Waals surface area contributed by atoms with Gasteiger partial charge in [-0.15, -0.1) is 0 Å². The highest BCUT2D eigenvalue weighted by atomic mass is 19.4. The molecule has 0 aliphatic rings. The number of ether oxygens (including phenoxy) is 1. The van der Waals surface area contributed by atoms with Crippen molar-refractivity contribution >= 4 is 11.7 Å². The van der Waals surface area contributed by atoms with E-state index in [1.54, 1.807) is 0 Å². The lowest BCUT2D eigenvalue weighted by atomic mass is 10.1. The molecule has 0 fully saturated rings. The summed E-state index contributed by atoms with van der Waals surface area (Å²) in [6, 6.07) is 2.78. The number of nitro groups is 1. The van der Waals surface area contributed by atoms with Gasteiger partial charge in [0.1, 0.15) is 5.75 Å². The van der Waals surface area contributed by atoms with Crippen molar-refractivity contribution in [1.82, 2.24) is 0 Å². The van der Waals surface area contributed by atoms with Crippen LogP contribution in [-0.4, -0.2) is 28.9 Å². The lowest BCUT2D eigenvalue weighted by molar-refractivity contribution is -0.384. The van der Waals surface area contributed by atoms with Crippen LogP contribution in [0.2, 0.25) is 0 Å². The maximum absolute atomic E-state index is 13.0. The molecule has 0 aliphatic heterocycles. The third kappa shape index (κ3) is 3.09. The molecular weight excluding hydrogens is 331 g/mol. The highest BCUT2D eigenvalue weighted by molar-refractivity contribution is 5.81. The zero-order valence-corrected chi connectivity index (χ0v) is 10.0. The van der Waals surface area contributed by atoms with Gasteiger partial charge < -0.3 is 4.74 Å². The number of hydrogen-bond donors (Lipinski definition) is 0. The van der Waals surface area contributed by atoms with Crippen molar-refractivity contribution < 1.29 is 45.2 Å². The molecule has 0 spiro atoms. The monoisotopic (exact) mass is 335 g/mol. The first-order valence-electron chi connectivity index (χ1n) is 5.10. The number of benzene rings is 1. The predicted octanol–water partition coefficient (Wildman–Crippen LogP) is 3.33. The van der Waals surface area contributed by atoms with E-state index >= 15 is 0 Å². The summed E-state index contributed by atoms with van der Waals surface area (Å²) in [4.78, 5) is 20.2. The minimum Gasteiger partial charge on any atom is -0.422 e. The Kier molecular flexibility index (Phi) is 4.35. The van der Waals surface area contributed by atoms with Crippen LogP contribution in [0.3, 0.4) is 0 Å². The van der Waals surface area contributed by atoms with Gasteiger partial charge in [-0.25, -0.2) is 4.79 Å². The van der Waals surface area contributed by atoms with E-state index in [9.17, 15) is 45.6 Å². The maximum Gasteiger partial charge on any atom is 0.460 e. The van der Waals surface area contributed by atoms with Crippen LogP contribution in [0.4, 0.5) is 36.4 Å². The first-order valence-corrected chi connectivity index (χ1v) is 5.10. The first-order chi connectivity index (χ1) is 9.80. The summed E-state index contributed by atoms with van der Waals surface area (Å²) in [5, 5.41) is 10.4. The van der Waals surface area contributed by atoms with Crippen molar-refractivity contribution in [2.24, 2.45) is 0 Å². The van der Waals surface area contributed by atoms with Crippen molar-refractivity contribution in [1.29, 1.82) is 0 Å². The van der Waals surface area contributed by atoms with Gasteiger partial charge in [0.15, 0.2) is 0 Å². The Balaban J connectivity index is 3.06. The molecule has 122 valence electrons. The highest BCUT2D eigenvalue weighted by Crippen LogP contribution is 2.47. The van der Waals surface area contributed by atoms with Crippen LogP contribution in [0.1, 0.15) is 0 Å². The lowest BCUT2D eigenvalue weighted by Crippen LogP contribution is -2.57. The van der Waals surface area contributed by atoms with Crippen LogP contribution in [0.15, 0.2) is 24.3 Å². The largest absolute Gasteiger partial charge is 0.460 e. The molecule has 1 aromatic carbocycles. The van der Waals surface area contributed by atoms with Crippen molar-refractivity contribution in [2.45, 2.75) is 18.0 Å². The zero-order chi connectivity index (χ0) is 17.3. The number of nitro benzene ring substituents is 1. The Labute approximate surface area is 116 Å². The van der Waals surface area contributed by atoms with E-state index in [1.807, 2.05) is 0 Å². The highest BCUT2D eigenvalue weighted by Gasteiger charge is 2.77. The van der Waals surface area contributed by atoms with Crippen LogP contribution in [0, 0.1) is 10.1 Å². The van der Waals surface area contributed by atoms with Gasteiger partial charge in [-0.2, -0.15) is 30.7 Å². The van der Waals surface area contributed by atoms with Crippen molar-refractivity contribution in [3.63, 3.8) is 0 Å². The van der Waals surface area contributed by atoms with E-state index in [1.165, 1.54) is 0 Å². The summed E-state index contributed by atoms with van der Waals surface area (Å²) in [5.41, 5.74) is -0.754. The summed E-state index contributed by atoms with van der Waals surface area (Å²) >= 11 is 0. The second kappa shape index (κ2) is 5.42. The number of rotatable bonds is 4. The SMILES string of the molecule is O=C(Oc1cccc([N+](=O)[O-])c1)C(F)(F)C(F)(F)C(F)(F)F. The fourth-order valence-corrected chi connectivity index (χ4v) is 1.14. The summed E-state index contributed by atoms with van der Waals surface area (Å²) in [6.45, 7) is 0. The molecule has 0 heterocycles. The van der Waals surface area contributed by atoms with Crippen LogP contribution < -0.4 is 4.74 Å². The molecule has 0 aliphatic carbocycles. The number of carbonyl (C=O) groups excluding carboxylic acids is 1. The Morgan fingerprint density at radius 1 is 1.09 bits per heavy atom. The van der Waals surface area contributed by atoms with Gasteiger partial charge in [0.05, 0.1) is 11.0 Å². The van der Waals surface area contributed by atoms with Gasteiger partial charge in [-0.3, -0.25) is 10.1 Å². The third-order valence-corrected chi connectivity index (χ3v) is 2.25. The Morgan fingerprint density at radius 2 is 1.64 bits per heavy atom. The minimum absolute atomic E-state index is 0.402. The van der Waals surface area contributed by atoms with Gasteiger partial charge in [0.25, 0.3) is 5.69 Å². The van der Waals surface area contributed by atoms with Crippen LogP contribution in [-0.2, 0) is 4.79 Å². The molecule has 0 radical (unpaired) electrons. The van der Waals surface area contributed by atoms with Gasteiger partial charge in [0, 0.05) is 6.07 Å². The number of halogens is 7. The van der Waals surface area contributed by atoms with Gasteiger partial charge >= 0.3 is 24.0 Å². The van der Waals surface area contributed by atoms with Crippen LogP contribution >= 0.6 is 0 Å². The standard InChI is InChI=1S/C10H4F7NO4/c11-8(12,9(13,14)10(15,16)17)7(19)22-6-3-1-2-5(4-6)18(20)21/h1-4H. The number of alkyl halides is 7. The first kappa shape index (κ1) is 17.7. The average molecular weight is 335 g/mol. The fraction of sp³-hybridized carbons (Fsp3) is 0.300. The topological polar surface area (TPSA) is 69.4 Å². The van der Waals surface area contributed by atoms with E-state index in [0.717, 1.165) is 12.1 Å². The molecule has 1 rings (SSSR count). The van der Waals surface area contributed by atoms with E-state index in [2.05, 4.69) is 4.74 Å². The zero-order valence-electron chi connectivity index (χ0n) is 10.0. The van der Waals surface area contributed by atoms with Gasteiger partial charge in [-0.05, 0) is 6.07 Å². The fourth-order valence-electron chi connectivity index (χ4n) is 1.14. The molecule has 0 saturated heterocycles. The average Bonchev–Trinajstić information content (AvgIpc) is 2.37. The van der Waals surface area contributed by atoms with E-state index in [0.29, 0.717) is 12.1 Å². The summed E-state index contributed by atoms with van der Waals surface area (Å²) < 4.78 is 90.4. The van der Waals surface area contributed by atoms with Gasteiger partial charge in [-0.1, -0.05) is 6.07 Å². The van der Waals surface area contributed by atoms with Crippen molar-refractivity contribution in [3.8, 4) is 5.75 Å². The smallest absolute Gasteiger partial charge is 0.422 e. The Morgan fingerprint density at radius 3 is 2.09 bits per heavy atom. The normalized spacial score (nSPS) is 12.9. The number of esters is 1. The molecule has 12 heteroatoms. The number of carbonyl (C=O) groups is 1. The molecule has 0 N–H and O–H groups in total. The second-order valence-corrected chi connectivity index (χ2v) is 3.79. The van der Waals surface area contributed by atoms with Crippen LogP contribution in [0.25, 0.3) is 0 Å². The molecular formula is C10H4F7NO4. The summed E-state index contributed by atoms with van der Waals surface area (Å²) in [6.07, 6.45) is -6.70. The molecule has 5 nitrogen and oxygen atoms in total. The van der Waals surface area contributed by atoms with Gasteiger partial charge in [0.2, 0.25) is 0 Å². The molecule has 0 aromatic heterocycles. The Hall–Kier alpha value is -2.40. The van der Waals surface area contributed by atoms with E-state index < -0.39 is 40.4 Å². The van der Waals surface area contributed by atoms with Crippen molar-refractivity contribution in [3.05, 3.63) is 34.4 Å². The Bertz CT molecular complexity index is 599. The molecule has 0 unspecified atom stereocenters. The second-order valence-electron chi connectivity index (χ2n) is 3.79. The predicted molar refractivity (Wildman–Crippen MR) is 54.7 cm³/mol. The number of nitrogens with zero attached hydrogens (tertiary/aromatic N) is 1. The number of non-ortho nitro benzene ring substituents is 1. The molecule has 22 heavy (non-hydrogen) atoms. The summed E-state index contributed by atoms with van der Waals surface area (Å²) in [5.74, 6) is -17.1. The molecule has 1 aromatic rings. The maximum atomic E-state index is 13.0. The van der Waals surface area contributed by atoms with E-state index in [-0.39, 0.29) is 0 Å². The van der Waals surface area contributed by atoms with E-state index in [4.69, 9.17) is 0 Å². The lowest BCUT2D eigenvalue weighted by Gasteiger charge is -2.26. The number of hydrogen-bond acceptors (Lipinski definition) is 4. The minimum atomic E-state index is -6.70. The molecule has 0 atom stereocenters.